The predicted molar refractivity (Wildman–Crippen MR) is 74.2 cm³/mol. The molecule has 1 heterocycles. The third kappa shape index (κ3) is 3.30. The first-order chi connectivity index (χ1) is 9.24. The highest BCUT2D eigenvalue weighted by Crippen LogP contribution is 2.25. The Balaban J connectivity index is 2.23. The Morgan fingerprint density at radius 2 is 2.11 bits per heavy atom. The molecule has 0 fully saturated rings. The van der Waals surface area contributed by atoms with Crippen LogP contribution in [0.2, 0.25) is 0 Å². The van der Waals surface area contributed by atoms with E-state index in [1.165, 1.54) is 0 Å². The molecule has 0 bridgehead atoms. The maximum absolute atomic E-state index is 9.27. The minimum Gasteiger partial charge on any atom is -0.439 e. The highest BCUT2D eigenvalue weighted by molar-refractivity contribution is 5.36. The molecule has 0 aliphatic rings. The van der Waals surface area contributed by atoms with Crippen molar-refractivity contribution >= 4 is 0 Å². The fourth-order valence-electron chi connectivity index (χ4n) is 1.76. The molecule has 100 valence electrons. The van der Waals surface area contributed by atoms with E-state index in [-0.39, 0.29) is 12.6 Å². The van der Waals surface area contributed by atoms with Gasteiger partial charge < -0.3 is 15.2 Å². The van der Waals surface area contributed by atoms with Crippen LogP contribution in [0.3, 0.4) is 0 Å². The minimum absolute atomic E-state index is 0.0528. The topological polar surface area (TPSA) is 54.4 Å². The van der Waals surface area contributed by atoms with E-state index in [0.29, 0.717) is 11.6 Å². The van der Waals surface area contributed by atoms with E-state index < -0.39 is 0 Å². The number of aromatic nitrogens is 1. The van der Waals surface area contributed by atoms with Crippen LogP contribution in [-0.2, 0) is 6.61 Å². The summed E-state index contributed by atoms with van der Waals surface area (Å²) in [5, 5.41) is 12.4. The molecule has 0 aliphatic heterocycles. The van der Waals surface area contributed by atoms with Crippen molar-refractivity contribution in [2.75, 3.05) is 7.05 Å². The lowest BCUT2D eigenvalue weighted by Gasteiger charge is -2.13. The van der Waals surface area contributed by atoms with E-state index in [1.54, 1.807) is 6.20 Å². The number of nitrogens with one attached hydrogen (secondary N) is 1. The van der Waals surface area contributed by atoms with Gasteiger partial charge in [-0.05, 0) is 31.7 Å². The molecule has 1 unspecified atom stereocenters. The van der Waals surface area contributed by atoms with Crippen LogP contribution < -0.4 is 10.1 Å². The summed E-state index contributed by atoms with van der Waals surface area (Å²) in [4.78, 5) is 4.20. The minimum atomic E-state index is -0.0528. The number of ether oxygens (including phenoxy) is 1. The fraction of sp³-hybridized carbons (Fsp3) is 0.267. The Bertz CT molecular complexity index is 543. The molecule has 0 aliphatic carbocycles. The Morgan fingerprint density at radius 1 is 1.32 bits per heavy atom. The van der Waals surface area contributed by atoms with Gasteiger partial charge in [0.1, 0.15) is 5.75 Å². The van der Waals surface area contributed by atoms with Gasteiger partial charge in [-0.25, -0.2) is 4.98 Å². The molecule has 1 aromatic heterocycles. The van der Waals surface area contributed by atoms with Crippen molar-refractivity contribution in [3.8, 4) is 11.6 Å². The second kappa shape index (κ2) is 6.31. The summed E-state index contributed by atoms with van der Waals surface area (Å²) >= 11 is 0. The van der Waals surface area contributed by atoms with Gasteiger partial charge in [0.15, 0.2) is 0 Å². The first kappa shape index (κ1) is 13.5. The largest absolute Gasteiger partial charge is 0.439 e. The van der Waals surface area contributed by atoms with Gasteiger partial charge in [-0.1, -0.05) is 18.2 Å². The molecule has 1 aromatic carbocycles. The summed E-state index contributed by atoms with van der Waals surface area (Å²) in [6, 6.07) is 11.5. The van der Waals surface area contributed by atoms with Crippen LogP contribution in [0.5, 0.6) is 11.6 Å². The summed E-state index contributed by atoms with van der Waals surface area (Å²) in [6.07, 6.45) is 1.72. The number of para-hydroxylation sites is 1. The smallest absolute Gasteiger partial charge is 0.219 e. The molecular weight excluding hydrogens is 240 g/mol. The van der Waals surface area contributed by atoms with Crippen LogP contribution in [0.15, 0.2) is 42.6 Å². The number of aliphatic hydroxyl groups is 1. The first-order valence-electron chi connectivity index (χ1n) is 6.24. The number of rotatable bonds is 5. The van der Waals surface area contributed by atoms with Crippen molar-refractivity contribution in [1.29, 1.82) is 0 Å². The van der Waals surface area contributed by atoms with Crippen molar-refractivity contribution in [1.82, 2.24) is 10.3 Å². The zero-order valence-electron chi connectivity index (χ0n) is 11.1. The second-order valence-corrected chi connectivity index (χ2v) is 4.31. The van der Waals surface area contributed by atoms with E-state index in [0.717, 1.165) is 11.1 Å². The van der Waals surface area contributed by atoms with Gasteiger partial charge >= 0.3 is 0 Å². The number of benzene rings is 1. The number of aliphatic hydroxyl groups excluding tert-OH is 1. The normalized spacial score (nSPS) is 12.2. The lowest BCUT2D eigenvalue weighted by molar-refractivity contribution is 0.276. The Morgan fingerprint density at radius 3 is 2.84 bits per heavy atom. The Hall–Kier alpha value is -1.91. The molecule has 0 saturated heterocycles. The van der Waals surface area contributed by atoms with Crippen molar-refractivity contribution in [2.24, 2.45) is 0 Å². The van der Waals surface area contributed by atoms with Crippen LogP contribution in [0.1, 0.15) is 24.1 Å². The number of hydrogen-bond acceptors (Lipinski definition) is 4. The highest BCUT2D eigenvalue weighted by atomic mass is 16.5. The van der Waals surface area contributed by atoms with Crippen LogP contribution in [-0.4, -0.2) is 17.1 Å². The predicted octanol–water partition coefficient (Wildman–Crippen LogP) is 2.65. The Kier molecular flexibility index (Phi) is 4.49. The summed E-state index contributed by atoms with van der Waals surface area (Å²) in [5.41, 5.74) is 1.85. The molecule has 4 nitrogen and oxygen atoms in total. The zero-order chi connectivity index (χ0) is 13.7. The summed E-state index contributed by atoms with van der Waals surface area (Å²) in [6.45, 7) is 2.02. The van der Waals surface area contributed by atoms with E-state index in [2.05, 4.69) is 17.2 Å². The van der Waals surface area contributed by atoms with Gasteiger partial charge in [0.25, 0.3) is 0 Å². The average molecular weight is 258 g/mol. The van der Waals surface area contributed by atoms with Gasteiger partial charge in [-0.2, -0.15) is 0 Å². The number of hydrogen-bond donors (Lipinski definition) is 2. The molecule has 2 N–H and O–H groups in total. The highest BCUT2D eigenvalue weighted by Gasteiger charge is 2.07. The van der Waals surface area contributed by atoms with Crippen LogP contribution in [0, 0.1) is 0 Å². The molecule has 0 spiro atoms. The van der Waals surface area contributed by atoms with Gasteiger partial charge in [0, 0.05) is 23.9 Å². The zero-order valence-corrected chi connectivity index (χ0v) is 11.1. The number of nitrogens with zero attached hydrogens (tertiary/aromatic N) is 1. The molecule has 4 heteroatoms. The van der Waals surface area contributed by atoms with E-state index in [9.17, 15) is 5.11 Å². The molecule has 2 aromatic rings. The van der Waals surface area contributed by atoms with Crippen LogP contribution in [0.25, 0.3) is 0 Å². The first-order valence-corrected chi connectivity index (χ1v) is 6.24. The third-order valence-electron chi connectivity index (χ3n) is 3.05. The molecule has 19 heavy (non-hydrogen) atoms. The molecule has 0 amide bonds. The van der Waals surface area contributed by atoms with Gasteiger partial charge in [-0.15, -0.1) is 0 Å². The van der Waals surface area contributed by atoms with Crippen molar-refractivity contribution in [3.63, 3.8) is 0 Å². The fourth-order valence-corrected chi connectivity index (χ4v) is 1.76. The summed E-state index contributed by atoms with van der Waals surface area (Å²) in [5.74, 6) is 1.16. The monoisotopic (exact) mass is 258 g/mol. The molecule has 0 radical (unpaired) electrons. The summed E-state index contributed by atoms with van der Waals surface area (Å²) < 4.78 is 5.74. The lowest BCUT2D eigenvalue weighted by Crippen LogP contribution is -2.12. The maximum Gasteiger partial charge on any atom is 0.219 e. The lowest BCUT2D eigenvalue weighted by atomic mass is 10.1. The molecule has 0 saturated carbocycles. The van der Waals surface area contributed by atoms with Gasteiger partial charge in [0.05, 0.1) is 6.61 Å². The van der Waals surface area contributed by atoms with E-state index in [4.69, 9.17) is 4.74 Å². The SMILES string of the molecule is CNC(C)c1ccnc(Oc2ccccc2CO)c1. The quantitative estimate of drug-likeness (QED) is 0.865. The molecule has 1 atom stereocenters. The second-order valence-electron chi connectivity index (χ2n) is 4.31. The summed E-state index contributed by atoms with van der Waals surface area (Å²) in [7, 11) is 1.91. The van der Waals surface area contributed by atoms with Crippen molar-refractivity contribution in [2.45, 2.75) is 19.6 Å². The Labute approximate surface area is 113 Å². The standard InChI is InChI=1S/C15H18N2O2/c1-11(16-2)12-7-8-17-15(9-12)19-14-6-4-3-5-13(14)10-18/h3-9,11,16,18H,10H2,1-2H3. The van der Waals surface area contributed by atoms with Crippen LogP contribution in [0.4, 0.5) is 0 Å². The van der Waals surface area contributed by atoms with Gasteiger partial charge in [-0.3, -0.25) is 0 Å². The van der Waals surface area contributed by atoms with E-state index >= 15 is 0 Å². The third-order valence-corrected chi connectivity index (χ3v) is 3.05. The number of pyridine rings is 1. The average Bonchev–Trinajstić information content (AvgIpc) is 2.47. The van der Waals surface area contributed by atoms with Crippen LogP contribution >= 0.6 is 0 Å². The van der Waals surface area contributed by atoms with E-state index in [1.807, 2.05) is 43.4 Å². The molecule has 2 rings (SSSR count). The van der Waals surface area contributed by atoms with Crippen molar-refractivity contribution < 1.29 is 9.84 Å². The van der Waals surface area contributed by atoms with Crippen molar-refractivity contribution in [3.05, 3.63) is 53.7 Å². The molecular formula is C15H18N2O2. The maximum atomic E-state index is 9.27. The van der Waals surface area contributed by atoms with Gasteiger partial charge in [0.2, 0.25) is 5.88 Å².